The van der Waals surface area contributed by atoms with Gasteiger partial charge in [0.25, 0.3) is 0 Å². The van der Waals surface area contributed by atoms with E-state index < -0.39 is 0 Å². The molecule has 0 aromatic heterocycles. The van der Waals surface area contributed by atoms with Crippen LogP contribution in [0.3, 0.4) is 0 Å². The Labute approximate surface area is 116 Å². The summed E-state index contributed by atoms with van der Waals surface area (Å²) in [5, 5.41) is 0. The molecule has 1 aromatic carbocycles. The lowest BCUT2D eigenvalue weighted by molar-refractivity contribution is -0.117. The number of hydrogen-bond donors (Lipinski definition) is 0. The van der Waals surface area contributed by atoms with Crippen LogP contribution in [0.1, 0.15) is 31.7 Å². The Morgan fingerprint density at radius 3 is 2.72 bits per heavy atom. The first-order valence-electron chi connectivity index (χ1n) is 6.37. The third kappa shape index (κ3) is 1.91. The molecule has 0 amide bonds. The number of halogens is 1. The van der Waals surface area contributed by atoms with Gasteiger partial charge in [-0.1, -0.05) is 28.1 Å². The van der Waals surface area contributed by atoms with Crippen LogP contribution in [-0.2, 0) is 4.79 Å². The van der Waals surface area contributed by atoms with Crippen LogP contribution in [0.15, 0.2) is 34.8 Å². The van der Waals surface area contributed by atoms with Crippen molar-refractivity contribution < 1.29 is 4.79 Å². The molecule has 1 saturated heterocycles. The van der Waals surface area contributed by atoms with Crippen molar-refractivity contribution in [3.05, 3.63) is 40.4 Å². The number of ketones is 1. The smallest absolute Gasteiger partial charge is 0.160 e. The third-order valence-electron chi connectivity index (χ3n) is 4.03. The number of allylic oxidation sites excluding steroid dienone is 1. The van der Waals surface area contributed by atoms with Gasteiger partial charge in [0.05, 0.1) is 0 Å². The minimum atomic E-state index is 0.0360. The molecule has 2 aliphatic heterocycles. The van der Waals surface area contributed by atoms with Crippen LogP contribution in [0.5, 0.6) is 0 Å². The van der Waals surface area contributed by atoms with E-state index in [-0.39, 0.29) is 11.3 Å². The van der Waals surface area contributed by atoms with Crippen molar-refractivity contribution >= 4 is 27.4 Å². The molecule has 0 saturated carbocycles. The van der Waals surface area contributed by atoms with Gasteiger partial charge in [-0.15, -0.1) is 0 Å². The molecule has 2 nitrogen and oxygen atoms in total. The molecular weight excluding hydrogens is 290 g/mol. The highest BCUT2D eigenvalue weighted by Crippen LogP contribution is 2.41. The van der Waals surface area contributed by atoms with Crippen LogP contribution in [0.2, 0.25) is 0 Å². The Balaban J connectivity index is 2.04. The topological polar surface area (TPSA) is 20.3 Å². The largest absolute Gasteiger partial charge is 0.365 e. The van der Waals surface area contributed by atoms with Crippen LogP contribution in [0, 0.1) is 0 Å². The number of benzene rings is 1. The summed E-state index contributed by atoms with van der Waals surface area (Å²) in [6, 6.07) is 8.21. The highest BCUT2D eigenvalue weighted by molar-refractivity contribution is 9.10. The van der Waals surface area contributed by atoms with Crippen LogP contribution in [0.25, 0.3) is 5.70 Å². The van der Waals surface area contributed by atoms with Crippen molar-refractivity contribution in [2.75, 3.05) is 6.54 Å². The minimum Gasteiger partial charge on any atom is -0.365 e. The van der Waals surface area contributed by atoms with E-state index in [1.165, 1.54) is 6.42 Å². The number of carbonyl (C=O) groups excluding carboxylic acids is 1. The van der Waals surface area contributed by atoms with Gasteiger partial charge in [-0.25, -0.2) is 0 Å². The molecule has 18 heavy (non-hydrogen) atoms. The van der Waals surface area contributed by atoms with Gasteiger partial charge >= 0.3 is 0 Å². The Morgan fingerprint density at radius 1 is 1.28 bits per heavy atom. The first-order chi connectivity index (χ1) is 8.58. The molecule has 0 radical (unpaired) electrons. The molecule has 0 N–H and O–H groups in total. The molecule has 0 spiro atoms. The van der Waals surface area contributed by atoms with Gasteiger partial charge in [-0.05, 0) is 37.5 Å². The van der Waals surface area contributed by atoms with E-state index in [9.17, 15) is 4.79 Å². The van der Waals surface area contributed by atoms with Crippen LogP contribution in [0.4, 0.5) is 0 Å². The van der Waals surface area contributed by atoms with Crippen molar-refractivity contribution in [2.24, 2.45) is 0 Å². The maximum absolute atomic E-state index is 11.9. The van der Waals surface area contributed by atoms with Gasteiger partial charge in [0.15, 0.2) is 5.78 Å². The van der Waals surface area contributed by atoms with Crippen LogP contribution >= 0.6 is 15.9 Å². The predicted molar refractivity (Wildman–Crippen MR) is 76.1 cm³/mol. The Morgan fingerprint density at radius 2 is 2.00 bits per heavy atom. The van der Waals surface area contributed by atoms with Gasteiger partial charge in [0.1, 0.15) is 0 Å². The van der Waals surface area contributed by atoms with E-state index in [0.29, 0.717) is 6.42 Å². The average Bonchev–Trinajstić information content (AvgIpc) is 2.70. The van der Waals surface area contributed by atoms with Gasteiger partial charge < -0.3 is 4.90 Å². The molecule has 2 aliphatic rings. The Bertz CT molecular complexity index is 520. The first-order valence-corrected chi connectivity index (χ1v) is 7.16. The summed E-state index contributed by atoms with van der Waals surface area (Å²) in [6.07, 6.45) is 4.77. The fraction of sp³-hybridized carbons (Fsp3) is 0.400. The Hall–Kier alpha value is -1.09. The van der Waals surface area contributed by atoms with Crippen LogP contribution < -0.4 is 0 Å². The summed E-state index contributed by atoms with van der Waals surface area (Å²) in [6.45, 7) is 3.27. The second-order valence-electron chi connectivity index (χ2n) is 5.43. The van der Waals surface area contributed by atoms with Gasteiger partial charge in [-0.3, -0.25) is 4.79 Å². The van der Waals surface area contributed by atoms with Gasteiger partial charge in [0.2, 0.25) is 0 Å². The zero-order valence-electron chi connectivity index (χ0n) is 10.4. The zero-order chi connectivity index (χ0) is 12.8. The maximum atomic E-state index is 11.9. The quantitative estimate of drug-likeness (QED) is 0.790. The van der Waals surface area contributed by atoms with Crippen LogP contribution in [-0.4, -0.2) is 22.8 Å². The summed E-state index contributed by atoms with van der Waals surface area (Å²) in [5.41, 5.74) is 2.27. The SMILES string of the molecule is C[C@]12CCCN1C(c1ccc(Br)cc1)=CC(=O)C2. The molecule has 3 rings (SSSR count). The summed E-state index contributed by atoms with van der Waals surface area (Å²) < 4.78 is 1.07. The predicted octanol–water partition coefficient (Wildman–Crippen LogP) is 3.62. The second-order valence-corrected chi connectivity index (χ2v) is 6.35. The minimum absolute atomic E-state index is 0.0360. The number of nitrogens with zero attached hydrogens (tertiary/aromatic N) is 1. The molecule has 0 bridgehead atoms. The molecule has 1 aromatic rings. The van der Waals surface area contributed by atoms with E-state index in [4.69, 9.17) is 0 Å². The molecule has 3 heteroatoms. The number of hydrogen-bond acceptors (Lipinski definition) is 2. The fourth-order valence-corrected chi connectivity index (χ4v) is 3.40. The molecule has 0 aliphatic carbocycles. The highest BCUT2D eigenvalue weighted by Gasteiger charge is 2.42. The lowest BCUT2D eigenvalue weighted by Gasteiger charge is -2.41. The second kappa shape index (κ2) is 4.23. The third-order valence-corrected chi connectivity index (χ3v) is 4.56. The lowest BCUT2D eigenvalue weighted by atomic mass is 9.87. The molecule has 0 unspecified atom stereocenters. The fourth-order valence-electron chi connectivity index (χ4n) is 3.13. The summed E-state index contributed by atoms with van der Waals surface area (Å²) in [5.74, 6) is 0.258. The van der Waals surface area contributed by atoms with E-state index in [1.807, 2.05) is 18.2 Å². The summed E-state index contributed by atoms with van der Waals surface area (Å²) in [4.78, 5) is 14.4. The van der Waals surface area contributed by atoms with Crippen molar-refractivity contribution in [1.29, 1.82) is 0 Å². The number of carbonyl (C=O) groups is 1. The molecule has 1 fully saturated rings. The highest BCUT2D eigenvalue weighted by atomic mass is 79.9. The maximum Gasteiger partial charge on any atom is 0.160 e. The van der Waals surface area contributed by atoms with Gasteiger partial charge in [0, 0.05) is 34.8 Å². The molecular formula is C15H16BrNO. The average molecular weight is 306 g/mol. The number of fused-ring (bicyclic) bond motifs is 1. The summed E-state index contributed by atoms with van der Waals surface area (Å²) in [7, 11) is 0. The van der Waals surface area contributed by atoms with E-state index in [1.54, 1.807) is 0 Å². The first kappa shape index (κ1) is 12.0. The van der Waals surface area contributed by atoms with E-state index >= 15 is 0 Å². The normalized spacial score (nSPS) is 27.1. The molecule has 94 valence electrons. The summed E-state index contributed by atoms with van der Waals surface area (Å²) >= 11 is 3.45. The van der Waals surface area contributed by atoms with E-state index in [2.05, 4.69) is 39.9 Å². The van der Waals surface area contributed by atoms with Crippen molar-refractivity contribution in [2.45, 2.75) is 31.7 Å². The molecule has 1 atom stereocenters. The lowest BCUT2D eigenvalue weighted by Crippen LogP contribution is -2.44. The van der Waals surface area contributed by atoms with Gasteiger partial charge in [-0.2, -0.15) is 0 Å². The standard InChI is InChI=1S/C15H16BrNO/c1-15-7-2-8-17(15)14(9-13(18)10-15)11-3-5-12(16)6-4-11/h3-6,9H,2,7-8,10H2,1H3/t15-/m1/s1. The number of rotatable bonds is 1. The van der Waals surface area contributed by atoms with E-state index in [0.717, 1.165) is 28.7 Å². The Kier molecular flexibility index (Phi) is 2.81. The zero-order valence-corrected chi connectivity index (χ0v) is 12.0. The van der Waals surface area contributed by atoms with Crippen molar-refractivity contribution in [3.8, 4) is 0 Å². The molecule has 2 heterocycles. The monoisotopic (exact) mass is 305 g/mol. The van der Waals surface area contributed by atoms with Crippen molar-refractivity contribution in [1.82, 2.24) is 4.90 Å². The van der Waals surface area contributed by atoms with Crippen molar-refractivity contribution in [3.63, 3.8) is 0 Å².